The summed E-state index contributed by atoms with van der Waals surface area (Å²) >= 11 is 5.86. The Labute approximate surface area is 144 Å². The van der Waals surface area contributed by atoms with Crippen LogP contribution in [-0.4, -0.2) is 16.4 Å². The van der Waals surface area contributed by atoms with Gasteiger partial charge in [0.1, 0.15) is 0 Å². The highest BCUT2D eigenvalue weighted by Crippen LogP contribution is 2.18. The van der Waals surface area contributed by atoms with Gasteiger partial charge in [0.25, 0.3) is 5.89 Å². The molecule has 0 N–H and O–H groups in total. The molecule has 6 heteroatoms. The topological polar surface area (TPSA) is 60.5 Å². The van der Waals surface area contributed by atoms with Crippen LogP contribution in [0.1, 0.15) is 23.9 Å². The second kappa shape index (κ2) is 7.75. The zero-order valence-electron chi connectivity index (χ0n) is 13.1. The van der Waals surface area contributed by atoms with Crippen LogP contribution in [0, 0.1) is 0 Å². The second-order valence-electron chi connectivity index (χ2n) is 5.12. The standard InChI is InChI=1S/C18H16ClN3O2/c1-2-13-3-5-14(6-4-13)11-20-23-12-17-21-18(22-24-17)15-7-9-16(19)10-8-15/h3-11H,2,12H2,1H3/b20-11-. The van der Waals surface area contributed by atoms with Crippen molar-refractivity contribution in [3.8, 4) is 11.4 Å². The van der Waals surface area contributed by atoms with Crippen LogP contribution in [0.5, 0.6) is 0 Å². The molecule has 24 heavy (non-hydrogen) atoms. The quantitative estimate of drug-likeness (QED) is 0.489. The molecule has 122 valence electrons. The lowest BCUT2D eigenvalue weighted by Crippen LogP contribution is -1.89. The van der Waals surface area contributed by atoms with Gasteiger partial charge in [-0.2, -0.15) is 4.98 Å². The average Bonchev–Trinajstić information content (AvgIpc) is 3.09. The first-order valence-electron chi connectivity index (χ1n) is 7.57. The Morgan fingerprint density at radius 1 is 1.12 bits per heavy atom. The van der Waals surface area contributed by atoms with Crippen LogP contribution in [0.25, 0.3) is 11.4 Å². The van der Waals surface area contributed by atoms with E-state index in [1.807, 2.05) is 24.3 Å². The molecule has 0 fully saturated rings. The van der Waals surface area contributed by atoms with Crippen molar-refractivity contribution >= 4 is 17.8 Å². The minimum absolute atomic E-state index is 0.115. The fourth-order valence-corrected chi connectivity index (χ4v) is 2.19. The van der Waals surface area contributed by atoms with Crippen LogP contribution in [-0.2, 0) is 17.9 Å². The SMILES string of the molecule is CCc1ccc(/C=N\OCc2nc(-c3ccc(Cl)cc3)no2)cc1. The Morgan fingerprint density at radius 3 is 2.58 bits per heavy atom. The highest BCUT2D eigenvalue weighted by Gasteiger charge is 2.08. The van der Waals surface area contributed by atoms with Gasteiger partial charge in [-0.25, -0.2) is 0 Å². The van der Waals surface area contributed by atoms with E-state index in [9.17, 15) is 0 Å². The summed E-state index contributed by atoms with van der Waals surface area (Å²) in [6.07, 6.45) is 2.66. The fourth-order valence-electron chi connectivity index (χ4n) is 2.06. The molecule has 0 unspecified atom stereocenters. The lowest BCUT2D eigenvalue weighted by molar-refractivity contribution is 0.107. The summed E-state index contributed by atoms with van der Waals surface area (Å²) in [6, 6.07) is 15.3. The van der Waals surface area contributed by atoms with Crippen molar-refractivity contribution < 1.29 is 9.36 Å². The van der Waals surface area contributed by atoms with E-state index < -0.39 is 0 Å². The molecule has 0 amide bonds. The number of oxime groups is 1. The number of benzene rings is 2. The number of aromatic nitrogens is 2. The van der Waals surface area contributed by atoms with Gasteiger partial charge in [-0.15, -0.1) is 0 Å². The lowest BCUT2D eigenvalue weighted by atomic mass is 10.1. The van der Waals surface area contributed by atoms with E-state index in [1.165, 1.54) is 5.56 Å². The Balaban J connectivity index is 1.55. The van der Waals surface area contributed by atoms with E-state index in [4.69, 9.17) is 21.0 Å². The number of hydrogen-bond acceptors (Lipinski definition) is 5. The summed E-state index contributed by atoms with van der Waals surface area (Å²) in [5.74, 6) is 0.850. The minimum atomic E-state index is 0.115. The Morgan fingerprint density at radius 2 is 1.88 bits per heavy atom. The van der Waals surface area contributed by atoms with Crippen LogP contribution < -0.4 is 0 Å². The third-order valence-corrected chi connectivity index (χ3v) is 3.67. The Kier molecular flexibility index (Phi) is 5.23. The molecule has 2 aromatic carbocycles. The molecule has 0 radical (unpaired) electrons. The number of rotatable bonds is 6. The number of hydrogen-bond donors (Lipinski definition) is 0. The zero-order chi connectivity index (χ0) is 16.8. The van der Waals surface area contributed by atoms with Crippen LogP contribution in [0.2, 0.25) is 5.02 Å². The predicted octanol–water partition coefficient (Wildman–Crippen LogP) is 4.50. The van der Waals surface area contributed by atoms with Gasteiger partial charge in [0, 0.05) is 10.6 Å². The average molecular weight is 342 g/mol. The largest absolute Gasteiger partial charge is 0.386 e. The van der Waals surface area contributed by atoms with E-state index in [0.717, 1.165) is 17.5 Å². The maximum atomic E-state index is 5.86. The van der Waals surface area contributed by atoms with E-state index >= 15 is 0 Å². The van der Waals surface area contributed by atoms with E-state index in [-0.39, 0.29) is 6.61 Å². The maximum absolute atomic E-state index is 5.86. The number of nitrogens with zero attached hydrogens (tertiary/aromatic N) is 3. The number of halogens is 1. The third-order valence-electron chi connectivity index (χ3n) is 3.42. The van der Waals surface area contributed by atoms with Crippen molar-refractivity contribution in [1.82, 2.24) is 10.1 Å². The molecule has 1 heterocycles. The van der Waals surface area contributed by atoms with Gasteiger partial charge in [-0.05, 0) is 41.8 Å². The highest BCUT2D eigenvalue weighted by molar-refractivity contribution is 6.30. The molecule has 0 atom stereocenters. The first-order chi connectivity index (χ1) is 11.7. The van der Waals surface area contributed by atoms with Crippen molar-refractivity contribution in [2.75, 3.05) is 0 Å². The Bertz CT molecular complexity index is 811. The van der Waals surface area contributed by atoms with E-state index in [2.05, 4.69) is 34.4 Å². The maximum Gasteiger partial charge on any atom is 0.267 e. The summed E-state index contributed by atoms with van der Waals surface area (Å²) in [6.45, 7) is 2.24. The smallest absolute Gasteiger partial charge is 0.267 e. The molecule has 5 nitrogen and oxygen atoms in total. The first kappa shape index (κ1) is 16.2. The lowest BCUT2D eigenvalue weighted by Gasteiger charge is -1.97. The summed E-state index contributed by atoms with van der Waals surface area (Å²) in [4.78, 5) is 9.46. The molecule has 0 aliphatic carbocycles. The van der Waals surface area contributed by atoms with Crippen molar-refractivity contribution in [2.45, 2.75) is 20.0 Å². The highest BCUT2D eigenvalue weighted by atomic mass is 35.5. The third kappa shape index (κ3) is 4.20. The van der Waals surface area contributed by atoms with Crippen LogP contribution in [0.15, 0.2) is 58.2 Å². The van der Waals surface area contributed by atoms with Crippen LogP contribution >= 0.6 is 11.6 Å². The Hall–Kier alpha value is -2.66. The number of aryl methyl sites for hydroxylation is 1. The minimum Gasteiger partial charge on any atom is -0.386 e. The molecule has 0 aliphatic heterocycles. The van der Waals surface area contributed by atoms with Gasteiger partial charge in [-0.3, -0.25) is 0 Å². The van der Waals surface area contributed by atoms with Crippen molar-refractivity contribution in [1.29, 1.82) is 0 Å². The summed E-state index contributed by atoms with van der Waals surface area (Å²) in [5.41, 5.74) is 3.09. The van der Waals surface area contributed by atoms with Gasteiger partial charge in [0.05, 0.1) is 6.21 Å². The van der Waals surface area contributed by atoms with Gasteiger partial charge in [0.15, 0.2) is 6.61 Å². The van der Waals surface area contributed by atoms with Crippen molar-refractivity contribution in [3.63, 3.8) is 0 Å². The molecule has 0 aliphatic rings. The summed E-state index contributed by atoms with van der Waals surface area (Å²) in [5, 5.41) is 8.49. The molecule has 0 spiro atoms. The normalized spacial score (nSPS) is 11.1. The summed E-state index contributed by atoms with van der Waals surface area (Å²) < 4.78 is 5.14. The molecule has 3 aromatic rings. The molecule has 3 rings (SSSR count). The second-order valence-corrected chi connectivity index (χ2v) is 5.56. The molecule has 0 saturated heterocycles. The van der Waals surface area contributed by atoms with Crippen molar-refractivity contribution in [2.24, 2.45) is 5.16 Å². The first-order valence-corrected chi connectivity index (χ1v) is 7.95. The molecule has 0 bridgehead atoms. The van der Waals surface area contributed by atoms with Crippen LogP contribution in [0.4, 0.5) is 0 Å². The van der Waals surface area contributed by atoms with E-state index in [1.54, 1.807) is 18.3 Å². The van der Waals surface area contributed by atoms with Gasteiger partial charge < -0.3 is 9.36 Å². The zero-order valence-corrected chi connectivity index (χ0v) is 13.9. The van der Waals surface area contributed by atoms with Crippen LogP contribution in [0.3, 0.4) is 0 Å². The predicted molar refractivity (Wildman–Crippen MR) is 92.9 cm³/mol. The molecular weight excluding hydrogens is 326 g/mol. The molecular formula is C18H16ClN3O2. The fraction of sp³-hybridized carbons (Fsp3) is 0.167. The van der Waals surface area contributed by atoms with Gasteiger partial charge in [0.2, 0.25) is 5.82 Å². The van der Waals surface area contributed by atoms with E-state index in [0.29, 0.717) is 16.7 Å². The molecule has 1 aromatic heterocycles. The van der Waals surface area contributed by atoms with Crippen molar-refractivity contribution in [3.05, 3.63) is 70.6 Å². The van der Waals surface area contributed by atoms with Gasteiger partial charge in [-0.1, -0.05) is 53.1 Å². The summed E-state index contributed by atoms with van der Waals surface area (Å²) in [7, 11) is 0. The van der Waals surface area contributed by atoms with Gasteiger partial charge >= 0.3 is 0 Å². The molecule has 0 saturated carbocycles. The monoisotopic (exact) mass is 341 g/mol.